The van der Waals surface area contributed by atoms with Gasteiger partial charge >= 0.3 is 0 Å². The van der Waals surface area contributed by atoms with E-state index in [9.17, 15) is 0 Å². The molecule has 2 rings (SSSR count). The van der Waals surface area contributed by atoms with Gasteiger partial charge in [0.1, 0.15) is 0 Å². The fourth-order valence-electron chi connectivity index (χ4n) is 3.12. The molecule has 0 aliphatic heterocycles. The van der Waals surface area contributed by atoms with Crippen LogP contribution < -0.4 is 0 Å². The minimum absolute atomic E-state index is 0. The fraction of sp³-hybridized carbons (Fsp3) is 0.552. The molecule has 0 unspecified atom stereocenters. The molecule has 175 valence electrons. The quantitative estimate of drug-likeness (QED) is 0.297. The Morgan fingerprint density at radius 3 is 1.84 bits per heavy atom. The molecule has 0 fully saturated rings. The number of rotatable bonds is 7. The first kappa shape index (κ1) is 32.6. The third kappa shape index (κ3) is 10.7. The Morgan fingerprint density at radius 2 is 1.39 bits per heavy atom. The summed E-state index contributed by atoms with van der Waals surface area (Å²) in [6.45, 7) is 21.7. The molecule has 2 aromatic carbocycles. The van der Waals surface area contributed by atoms with Gasteiger partial charge in [-0.3, -0.25) is 0 Å². The van der Waals surface area contributed by atoms with Crippen LogP contribution in [0.5, 0.6) is 0 Å². The molecule has 0 saturated heterocycles. The van der Waals surface area contributed by atoms with Crippen molar-refractivity contribution in [2.75, 3.05) is 0 Å². The van der Waals surface area contributed by atoms with Gasteiger partial charge in [0.25, 0.3) is 0 Å². The monoisotopic (exact) mass is 478 g/mol. The van der Waals surface area contributed by atoms with Crippen LogP contribution in [0.15, 0.2) is 48.5 Å². The molecule has 0 heterocycles. The van der Waals surface area contributed by atoms with Crippen LogP contribution in [0.2, 0.25) is 0 Å². The molecule has 0 amide bonds. The van der Waals surface area contributed by atoms with Crippen molar-refractivity contribution in [1.29, 1.82) is 0 Å². The van der Waals surface area contributed by atoms with Gasteiger partial charge in [0.15, 0.2) is 0 Å². The second-order valence-electron chi connectivity index (χ2n) is 9.16. The van der Waals surface area contributed by atoms with E-state index < -0.39 is 0 Å². The Balaban J connectivity index is 0. The average molecular weight is 479 g/mol. The molecule has 2 heteroatoms. The summed E-state index contributed by atoms with van der Waals surface area (Å²) in [4.78, 5) is 0. The molecule has 0 aromatic heterocycles. The maximum absolute atomic E-state index is 4.83. The molecule has 1 radical (unpaired) electrons. The first-order valence-corrected chi connectivity index (χ1v) is 12.2. The van der Waals surface area contributed by atoms with Gasteiger partial charge in [-0.05, 0) is 16.7 Å². The Bertz CT molecular complexity index is 709. The zero-order valence-corrected chi connectivity index (χ0v) is 24.1. The molecule has 0 aliphatic carbocycles. The van der Waals surface area contributed by atoms with Crippen molar-refractivity contribution in [3.05, 3.63) is 65.6 Å². The number of hydrogen-bond acceptors (Lipinski definition) is 1. The van der Waals surface area contributed by atoms with Gasteiger partial charge in [0, 0.05) is 28.7 Å². The molecule has 0 N–H and O–H groups in total. The molecule has 0 bridgehead atoms. The number of thiol groups is 1. The summed E-state index contributed by atoms with van der Waals surface area (Å²) < 4.78 is -0.0844. The van der Waals surface area contributed by atoms with Crippen LogP contribution in [0.3, 0.4) is 0 Å². The topological polar surface area (TPSA) is 0 Å². The average Bonchev–Trinajstić information content (AvgIpc) is 2.70. The Labute approximate surface area is 212 Å². The van der Waals surface area contributed by atoms with Crippen molar-refractivity contribution in [2.24, 2.45) is 0 Å². The van der Waals surface area contributed by atoms with Crippen LogP contribution in [-0.2, 0) is 30.4 Å². The van der Waals surface area contributed by atoms with Crippen molar-refractivity contribution in [1.82, 2.24) is 0 Å². The number of unbranched alkanes of at least 4 members (excludes halogenated alkanes) is 2. The molecule has 0 saturated carbocycles. The Hall–Kier alpha value is -0.626. The third-order valence-corrected chi connectivity index (χ3v) is 6.25. The maximum Gasteiger partial charge on any atom is 0.0164 e. The van der Waals surface area contributed by atoms with E-state index >= 15 is 0 Å². The summed E-state index contributed by atoms with van der Waals surface area (Å²) in [7, 11) is 0. The van der Waals surface area contributed by atoms with Crippen molar-refractivity contribution in [3.63, 3.8) is 0 Å². The molecule has 0 atom stereocenters. The zero-order valence-electron chi connectivity index (χ0n) is 21.8. The minimum atomic E-state index is -0.0844. The van der Waals surface area contributed by atoms with Gasteiger partial charge in [-0.1, -0.05) is 129 Å². The first-order valence-electron chi connectivity index (χ1n) is 11.7. The molecule has 0 aliphatic rings. The van der Waals surface area contributed by atoms with E-state index in [1.807, 2.05) is 13.8 Å². The van der Waals surface area contributed by atoms with Gasteiger partial charge in [0.2, 0.25) is 0 Å². The summed E-state index contributed by atoms with van der Waals surface area (Å²) in [6.07, 6.45) is 5.11. The largest absolute Gasteiger partial charge is 0.315 e. The van der Waals surface area contributed by atoms with Gasteiger partial charge in [-0.15, -0.1) is 0 Å². The van der Waals surface area contributed by atoms with Crippen LogP contribution in [0.4, 0.5) is 0 Å². The van der Waals surface area contributed by atoms with Crippen molar-refractivity contribution in [2.45, 2.75) is 105 Å². The van der Waals surface area contributed by atoms with Crippen LogP contribution >= 0.6 is 12.6 Å². The fourth-order valence-corrected chi connectivity index (χ4v) is 3.25. The van der Waals surface area contributed by atoms with Crippen molar-refractivity contribution < 1.29 is 18.6 Å². The number of hydrogen-bond donors (Lipinski definition) is 1. The summed E-state index contributed by atoms with van der Waals surface area (Å²) in [5.41, 5.74) is 5.36. The normalized spacial score (nSPS) is 11.0. The minimum Gasteiger partial charge on any atom is -0.315 e. The van der Waals surface area contributed by atoms with Gasteiger partial charge in [-0.25, -0.2) is 0 Å². The standard InChI is InChI=1S/C22H29S.C5H12.C2H6.V/c1-16(2)14-17-10-7-8-13-20(17)18-11-9-12-19(15-18)21(3,4)22(5,6)23;1-3-5-4-2;1-2;/h7-13,15,23H,14H2,1-6H3;3-5H2,1-2H3;1-2H3;/q-1;;;. The Morgan fingerprint density at radius 1 is 0.839 bits per heavy atom. The smallest absolute Gasteiger partial charge is 0.0164 e. The van der Waals surface area contributed by atoms with E-state index in [1.165, 1.54) is 47.4 Å². The van der Waals surface area contributed by atoms with Crippen LogP contribution in [0.1, 0.15) is 99.6 Å². The van der Waals surface area contributed by atoms with Crippen molar-refractivity contribution >= 4 is 12.6 Å². The first-order chi connectivity index (χ1) is 14.0. The summed E-state index contributed by atoms with van der Waals surface area (Å²) in [5, 5.41) is 0. The predicted molar refractivity (Wildman–Crippen MR) is 143 cm³/mol. The predicted octanol–water partition coefficient (Wildman–Crippen LogP) is 9.72. The second-order valence-corrected chi connectivity index (χ2v) is 10.3. The van der Waals surface area contributed by atoms with Gasteiger partial charge < -0.3 is 5.92 Å². The van der Waals surface area contributed by atoms with E-state index in [1.54, 1.807) is 0 Å². The van der Waals surface area contributed by atoms with Crippen LogP contribution in [-0.4, -0.2) is 4.75 Å². The summed E-state index contributed by atoms with van der Waals surface area (Å²) in [5.74, 6) is 1.44. The maximum atomic E-state index is 4.83. The van der Waals surface area contributed by atoms with Gasteiger partial charge in [-0.2, -0.15) is 32.9 Å². The number of benzene rings is 2. The van der Waals surface area contributed by atoms with E-state index in [0.717, 1.165) is 6.42 Å². The van der Waals surface area contributed by atoms with E-state index in [-0.39, 0.29) is 28.7 Å². The van der Waals surface area contributed by atoms with E-state index in [4.69, 9.17) is 12.6 Å². The summed E-state index contributed by atoms with van der Waals surface area (Å²) >= 11 is 4.83. The molecular formula is C29H47SV-. The summed E-state index contributed by atoms with van der Waals surface area (Å²) in [6, 6.07) is 17.7. The van der Waals surface area contributed by atoms with E-state index in [2.05, 4.69) is 104 Å². The molecule has 31 heavy (non-hydrogen) atoms. The van der Waals surface area contributed by atoms with Crippen molar-refractivity contribution in [3.8, 4) is 11.1 Å². The molecular weight excluding hydrogens is 431 g/mol. The Kier molecular flexibility index (Phi) is 16.9. The SMILES string of the molecule is CC.CCCCC.C[C-](C)Cc1ccccc1-c1cccc(C(C)(C)C(C)(C)S)c1.[V]. The van der Waals surface area contributed by atoms with Crippen LogP contribution in [0, 0.1) is 5.92 Å². The molecule has 0 nitrogen and oxygen atoms in total. The van der Waals surface area contributed by atoms with E-state index in [0.29, 0.717) is 0 Å². The molecule has 2 aromatic rings. The third-order valence-electron chi connectivity index (χ3n) is 5.69. The molecule has 0 spiro atoms. The van der Waals surface area contributed by atoms with Crippen LogP contribution in [0.25, 0.3) is 11.1 Å². The second kappa shape index (κ2) is 16.1. The zero-order chi connectivity index (χ0) is 23.4. The van der Waals surface area contributed by atoms with Gasteiger partial charge in [0.05, 0.1) is 0 Å².